The molecule has 4 N–H and O–H groups in total. The summed E-state index contributed by atoms with van der Waals surface area (Å²) in [7, 11) is 1.79. The molecule has 0 bridgehead atoms. The molecule has 0 spiro atoms. The average Bonchev–Trinajstić information content (AvgIpc) is 3.14. The number of likely N-dealkylation sites (N-methyl/N-ethyl adjacent to an activating group) is 1. The fraction of sp³-hybridized carbons (Fsp3) is 0.368. The fourth-order valence-corrected chi connectivity index (χ4v) is 7.76. The second kappa shape index (κ2) is 20.6. The summed E-state index contributed by atoms with van der Waals surface area (Å²) in [6, 6.07) is 18.5. The minimum atomic E-state index is -0.634. The average molecular weight is 800 g/mol. The first-order chi connectivity index (χ1) is 24.7. The summed E-state index contributed by atoms with van der Waals surface area (Å²) < 4.78 is 18.5. The summed E-state index contributed by atoms with van der Waals surface area (Å²) in [5, 5.41) is 49.7. The maximum absolute atomic E-state index is 9.71. The first-order valence-corrected chi connectivity index (χ1v) is 19.9. The molecular formula is C38H43AsCl2N3O7. The Kier molecular flexibility index (Phi) is 16.3. The summed E-state index contributed by atoms with van der Waals surface area (Å²) in [5.74, 6) is 1.51. The molecule has 0 aliphatic rings. The molecule has 1 radical (unpaired) electrons. The molecule has 13 heteroatoms. The number of hydrogen-bond donors (Lipinski definition) is 4. The van der Waals surface area contributed by atoms with E-state index in [4.69, 9.17) is 42.5 Å². The Hall–Kier alpha value is -3.36. The van der Waals surface area contributed by atoms with Crippen molar-refractivity contribution >= 4 is 39.0 Å². The number of hydrogen-bond acceptors (Lipinski definition) is 10. The van der Waals surface area contributed by atoms with Crippen LogP contribution in [0.15, 0.2) is 67.0 Å². The summed E-state index contributed by atoms with van der Waals surface area (Å²) >= 11 is 13.6. The van der Waals surface area contributed by atoms with Gasteiger partial charge in [0.1, 0.15) is 24.2 Å². The summed E-state index contributed by atoms with van der Waals surface area (Å²) in [6.45, 7) is 2.58. The molecule has 0 aliphatic heterocycles. The van der Waals surface area contributed by atoms with E-state index in [2.05, 4.69) is 11.1 Å². The van der Waals surface area contributed by atoms with Crippen LogP contribution in [0.4, 0.5) is 0 Å². The van der Waals surface area contributed by atoms with Crippen LogP contribution in [0.5, 0.6) is 17.2 Å². The van der Waals surface area contributed by atoms with Gasteiger partial charge in [0.2, 0.25) is 0 Å². The monoisotopic (exact) mass is 798 g/mol. The molecule has 0 saturated carbocycles. The molecule has 1 aromatic heterocycles. The number of pyridine rings is 1. The third-order valence-electron chi connectivity index (χ3n) is 8.25. The number of rotatable bonds is 20. The van der Waals surface area contributed by atoms with Crippen molar-refractivity contribution in [1.29, 1.82) is 5.26 Å². The van der Waals surface area contributed by atoms with Gasteiger partial charge in [-0.1, -0.05) is 11.6 Å². The van der Waals surface area contributed by atoms with Gasteiger partial charge in [0.05, 0.1) is 29.8 Å². The molecule has 51 heavy (non-hydrogen) atoms. The van der Waals surface area contributed by atoms with Crippen LogP contribution in [0.1, 0.15) is 34.2 Å². The zero-order chi connectivity index (χ0) is 36.8. The van der Waals surface area contributed by atoms with Gasteiger partial charge in [-0.05, 0) is 19.2 Å². The molecule has 0 saturated heterocycles. The van der Waals surface area contributed by atoms with Crippen LogP contribution < -0.4 is 14.2 Å². The number of aromatic nitrogens is 1. The second-order valence-electron chi connectivity index (χ2n) is 12.0. The van der Waals surface area contributed by atoms with E-state index >= 15 is 0 Å². The van der Waals surface area contributed by atoms with Gasteiger partial charge in [0.15, 0.2) is 0 Å². The van der Waals surface area contributed by atoms with Crippen molar-refractivity contribution in [3.05, 3.63) is 105 Å². The number of nitrogens with zero attached hydrogens (tertiary/aromatic N) is 3. The molecule has 4 rings (SSSR count). The summed E-state index contributed by atoms with van der Waals surface area (Å²) in [6.07, 6.45) is 3.32. The Morgan fingerprint density at radius 3 is 2.37 bits per heavy atom. The van der Waals surface area contributed by atoms with Gasteiger partial charge in [0, 0.05) is 36.1 Å². The van der Waals surface area contributed by atoms with Crippen LogP contribution in [0.2, 0.25) is 20.5 Å². The van der Waals surface area contributed by atoms with E-state index in [0.717, 1.165) is 39.4 Å². The second-order valence-corrected chi connectivity index (χ2v) is 15.4. The molecule has 3 aromatic carbocycles. The fourth-order valence-electron chi connectivity index (χ4n) is 5.24. The number of ether oxygens (including phenoxy) is 3. The first-order valence-electron chi connectivity index (χ1n) is 16.4. The Bertz CT molecular complexity index is 1770. The van der Waals surface area contributed by atoms with Crippen LogP contribution in [-0.4, -0.2) is 91.7 Å². The molecule has 0 aliphatic carbocycles. The predicted molar refractivity (Wildman–Crippen MR) is 199 cm³/mol. The Balaban J connectivity index is 1.51. The molecule has 0 fully saturated rings. The van der Waals surface area contributed by atoms with Crippen LogP contribution in [0.25, 0.3) is 11.1 Å². The quantitative estimate of drug-likeness (QED) is 0.0635. The number of aliphatic hydroxyl groups excluding tert-OH is 4. The minimum absolute atomic E-state index is 0.0458. The van der Waals surface area contributed by atoms with Gasteiger partial charge in [-0.25, -0.2) is 0 Å². The van der Waals surface area contributed by atoms with Gasteiger partial charge in [-0.15, -0.1) is 0 Å². The van der Waals surface area contributed by atoms with Gasteiger partial charge in [-0.3, -0.25) is 9.88 Å². The van der Waals surface area contributed by atoms with Crippen LogP contribution in [0, 0.1) is 18.3 Å². The maximum atomic E-state index is 9.71. The SMILES string of the molecule is Cc1c(COc2cc(OCc3cncc(C#N)c3)c(CN(C)C(CO)CO)cc2Cl)cccc1-c1cccc(OCCC[As]C[C@@H](O)CO)c1Cl. The third kappa shape index (κ3) is 11.6. The molecule has 1 heterocycles. The molecule has 1 atom stereocenters. The standard InChI is InChI=1S/C38H43AsCl2N3O7/c1-25-28(6-3-7-32(25)33-8-4-9-35(38(33)41)49-11-5-10-39-15-31(48)22-47)24-51-37-14-36(50-23-27-12-26(16-42)17-43-18-27)29(13-34(37)40)19-44(2)30(20-45)21-46/h3-4,6-9,12-14,17-18,30-31,45-48H,5,10-11,15,19-24H2,1-2H3/t31-/m1/s1. The Labute approximate surface area is 315 Å². The van der Waals surface area contributed by atoms with Gasteiger partial charge in [0.25, 0.3) is 0 Å². The topological polar surface area (TPSA) is 149 Å². The van der Waals surface area contributed by atoms with Gasteiger partial charge < -0.3 is 14.9 Å². The van der Waals surface area contributed by atoms with Crippen molar-refractivity contribution in [2.75, 3.05) is 33.5 Å². The molecule has 0 unspecified atom stereocenters. The van der Waals surface area contributed by atoms with E-state index in [1.165, 1.54) is 6.20 Å². The number of nitriles is 1. The van der Waals surface area contributed by atoms with Crippen molar-refractivity contribution in [1.82, 2.24) is 9.88 Å². The first kappa shape index (κ1) is 40.4. The van der Waals surface area contributed by atoms with Crippen molar-refractivity contribution in [3.63, 3.8) is 0 Å². The zero-order valence-electron chi connectivity index (χ0n) is 28.6. The zero-order valence-corrected chi connectivity index (χ0v) is 32.0. The van der Waals surface area contributed by atoms with Crippen LogP contribution in [0.3, 0.4) is 0 Å². The van der Waals surface area contributed by atoms with Crippen LogP contribution in [-0.2, 0) is 19.8 Å². The molecular weight excluding hydrogens is 756 g/mol. The van der Waals surface area contributed by atoms with Crippen LogP contribution >= 0.6 is 23.2 Å². The van der Waals surface area contributed by atoms with E-state index in [0.29, 0.717) is 56.8 Å². The Morgan fingerprint density at radius 2 is 1.63 bits per heavy atom. The van der Waals surface area contributed by atoms with E-state index in [1.54, 1.807) is 31.4 Å². The third-order valence-corrected chi connectivity index (χ3v) is 11.7. The van der Waals surface area contributed by atoms with Crippen molar-refractivity contribution in [3.8, 4) is 34.4 Å². The molecule has 271 valence electrons. The number of halogens is 2. The molecule has 0 amide bonds. The Morgan fingerprint density at radius 1 is 0.882 bits per heavy atom. The summed E-state index contributed by atoms with van der Waals surface area (Å²) in [5.41, 5.74) is 5.56. The normalized spacial score (nSPS) is 12.1. The molecule has 10 nitrogen and oxygen atoms in total. The predicted octanol–water partition coefficient (Wildman–Crippen LogP) is 5.84. The van der Waals surface area contributed by atoms with Crippen molar-refractivity contribution in [2.24, 2.45) is 0 Å². The van der Waals surface area contributed by atoms with E-state index in [9.17, 15) is 20.6 Å². The number of aliphatic hydroxyl groups is 4. The van der Waals surface area contributed by atoms with Crippen molar-refractivity contribution < 1.29 is 34.6 Å². The van der Waals surface area contributed by atoms with Gasteiger partial charge >= 0.3 is 166 Å². The number of benzene rings is 3. The van der Waals surface area contributed by atoms with E-state index in [-0.39, 0.29) is 48.8 Å². The molecule has 4 aromatic rings. The van der Waals surface area contributed by atoms with E-state index < -0.39 is 12.1 Å². The van der Waals surface area contributed by atoms with Crippen molar-refractivity contribution in [2.45, 2.75) is 55.7 Å². The van der Waals surface area contributed by atoms with E-state index in [1.807, 2.05) is 48.2 Å². The van der Waals surface area contributed by atoms with Gasteiger partial charge in [-0.2, -0.15) is 5.26 Å². The summed E-state index contributed by atoms with van der Waals surface area (Å²) in [4.78, 5) is 5.93.